The zero-order valence-electron chi connectivity index (χ0n) is 11.0. The summed E-state index contributed by atoms with van der Waals surface area (Å²) in [4.78, 5) is 32.3. The van der Waals surface area contributed by atoms with Crippen LogP contribution in [0.2, 0.25) is 0 Å². The highest BCUT2D eigenvalue weighted by Gasteiger charge is 2.24. The van der Waals surface area contributed by atoms with Gasteiger partial charge in [0.05, 0.1) is 12.9 Å². The molecule has 0 rings (SSSR count). The quantitative estimate of drug-likeness (QED) is 0.418. The van der Waals surface area contributed by atoms with E-state index in [1.54, 1.807) is 0 Å². The summed E-state index contributed by atoms with van der Waals surface area (Å²) in [7, 11) is -2.69. The Kier molecular flexibility index (Phi) is 7.77. The molecule has 116 valence electrons. The fourth-order valence-corrected chi connectivity index (χ4v) is 2.60. The largest absolute Gasteiger partial charge is 0.480 e. The SMILES string of the molecule is COC(=O)CCCS(=O)(=O)N[C@H](CCC(N)=O)C(=O)O. The minimum Gasteiger partial charge on any atom is -0.480 e. The van der Waals surface area contributed by atoms with E-state index >= 15 is 0 Å². The second-order valence-electron chi connectivity index (χ2n) is 4.01. The lowest BCUT2D eigenvalue weighted by molar-refractivity contribution is -0.141. The normalized spacial score (nSPS) is 12.7. The van der Waals surface area contributed by atoms with Crippen molar-refractivity contribution < 1.29 is 32.6 Å². The van der Waals surface area contributed by atoms with E-state index in [2.05, 4.69) is 4.74 Å². The Morgan fingerprint density at radius 2 is 1.90 bits per heavy atom. The van der Waals surface area contributed by atoms with E-state index in [1.807, 2.05) is 4.72 Å². The first-order valence-electron chi connectivity index (χ1n) is 5.76. The highest BCUT2D eigenvalue weighted by Crippen LogP contribution is 2.03. The van der Waals surface area contributed by atoms with Crippen molar-refractivity contribution in [3.63, 3.8) is 0 Å². The molecule has 0 heterocycles. The van der Waals surface area contributed by atoms with Gasteiger partial charge in [0.25, 0.3) is 0 Å². The van der Waals surface area contributed by atoms with Crippen molar-refractivity contribution in [1.82, 2.24) is 4.72 Å². The molecule has 9 nitrogen and oxygen atoms in total. The van der Waals surface area contributed by atoms with Crippen LogP contribution in [0.1, 0.15) is 25.7 Å². The molecule has 20 heavy (non-hydrogen) atoms. The fourth-order valence-electron chi connectivity index (χ4n) is 1.30. The third-order valence-electron chi connectivity index (χ3n) is 2.32. The number of carboxylic acid groups (broad SMARTS) is 1. The molecule has 1 amide bonds. The van der Waals surface area contributed by atoms with Gasteiger partial charge in [0.2, 0.25) is 15.9 Å². The van der Waals surface area contributed by atoms with Crippen molar-refractivity contribution in [1.29, 1.82) is 0 Å². The summed E-state index contributed by atoms with van der Waals surface area (Å²) in [6.07, 6.45) is -0.566. The second kappa shape index (κ2) is 8.48. The summed E-state index contributed by atoms with van der Waals surface area (Å²) in [5.74, 6) is -3.09. The summed E-state index contributed by atoms with van der Waals surface area (Å²) in [6, 6.07) is -1.43. The molecule has 0 radical (unpaired) electrons. The molecular weight excluding hydrogens is 292 g/mol. The maximum Gasteiger partial charge on any atom is 0.321 e. The number of carboxylic acids is 1. The first kappa shape index (κ1) is 18.3. The van der Waals surface area contributed by atoms with Gasteiger partial charge in [0.15, 0.2) is 0 Å². The molecule has 0 fully saturated rings. The average Bonchev–Trinajstić information content (AvgIpc) is 2.33. The van der Waals surface area contributed by atoms with Gasteiger partial charge in [0, 0.05) is 12.8 Å². The minimum absolute atomic E-state index is 0.00413. The van der Waals surface area contributed by atoms with Crippen LogP contribution in [0.25, 0.3) is 0 Å². The van der Waals surface area contributed by atoms with Crippen molar-refractivity contribution in [3.8, 4) is 0 Å². The predicted molar refractivity (Wildman–Crippen MR) is 68.0 cm³/mol. The number of primary amides is 1. The standard InChI is InChI=1S/C10H18N2O7S/c1-19-9(14)3-2-6-20(17,18)12-7(10(15)16)4-5-8(11)13/h7,12H,2-6H2,1H3,(H2,11,13)(H,15,16)/t7-/m1/s1. The monoisotopic (exact) mass is 310 g/mol. The number of esters is 1. The smallest absolute Gasteiger partial charge is 0.321 e. The van der Waals surface area contributed by atoms with Crippen molar-refractivity contribution in [2.45, 2.75) is 31.7 Å². The molecule has 0 saturated heterocycles. The van der Waals surface area contributed by atoms with E-state index in [0.29, 0.717) is 0 Å². The van der Waals surface area contributed by atoms with Crippen molar-refractivity contribution in [2.24, 2.45) is 5.73 Å². The molecule has 0 aromatic heterocycles. The van der Waals surface area contributed by atoms with E-state index in [0.717, 1.165) is 0 Å². The first-order valence-corrected chi connectivity index (χ1v) is 7.41. The number of carbonyl (C=O) groups is 3. The minimum atomic E-state index is -3.87. The van der Waals surface area contributed by atoms with Gasteiger partial charge in [0.1, 0.15) is 6.04 Å². The zero-order chi connectivity index (χ0) is 15.8. The molecule has 0 aliphatic heterocycles. The number of methoxy groups -OCH3 is 1. The van der Waals surface area contributed by atoms with Gasteiger partial charge in [-0.2, -0.15) is 0 Å². The molecule has 0 spiro atoms. The number of sulfonamides is 1. The van der Waals surface area contributed by atoms with Crippen molar-refractivity contribution in [2.75, 3.05) is 12.9 Å². The number of nitrogens with one attached hydrogen (secondary N) is 1. The molecule has 0 aliphatic carbocycles. The maximum absolute atomic E-state index is 11.6. The molecule has 0 aromatic carbocycles. The molecular formula is C10H18N2O7S. The van der Waals surface area contributed by atoms with E-state index in [9.17, 15) is 22.8 Å². The Bertz CT molecular complexity index is 460. The first-order chi connectivity index (χ1) is 9.18. The van der Waals surface area contributed by atoms with Crippen molar-refractivity contribution >= 4 is 27.9 Å². The molecule has 0 aromatic rings. The number of amides is 1. The van der Waals surface area contributed by atoms with Gasteiger partial charge >= 0.3 is 11.9 Å². The van der Waals surface area contributed by atoms with E-state index < -0.39 is 39.7 Å². The second-order valence-corrected chi connectivity index (χ2v) is 5.89. The van der Waals surface area contributed by atoms with Gasteiger partial charge in [-0.25, -0.2) is 13.1 Å². The van der Waals surface area contributed by atoms with Crippen LogP contribution in [0.3, 0.4) is 0 Å². The van der Waals surface area contributed by atoms with Crippen LogP contribution in [0.5, 0.6) is 0 Å². The summed E-state index contributed by atoms with van der Waals surface area (Å²) >= 11 is 0. The number of carbonyl (C=O) groups excluding carboxylic acids is 2. The summed E-state index contributed by atoms with van der Waals surface area (Å²) in [5.41, 5.74) is 4.87. The molecule has 0 saturated carbocycles. The molecule has 10 heteroatoms. The molecule has 4 N–H and O–H groups in total. The lowest BCUT2D eigenvalue weighted by Crippen LogP contribution is -2.42. The number of hydrogen-bond acceptors (Lipinski definition) is 6. The molecule has 1 atom stereocenters. The third kappa shape index (κ3) is 8.43. The number of nitrogens with two attached hydrogens (primary N) is 1. The van der Waals surface area contributed by atoms with E-state index in [4.69, 9.17) is 10.8 Å². The van der Waals surface area contributed by atoms with Gasteiger partial charge in [-0.05, 0) is 12.8 Å². The van der Waals surface area contributed by atoms with Crippen molar-refractivity contribution in [3.05, 3.63) is 0 Å². The molecule has 0 aliphatic rings. The van der Waals surface area contributed by atoms with Crippen LogP contribution in [-0.4, -0.2) is 50.3 Å². The van der Waals surface area contributed by atoms with Gasteiger partial charge < -0.3 is 15.6 Å². The Hall–Kier alpha value is -1.68. The maximum atomic E-state index is 11.6. The Balaban J connectivity index is 4.41. The Morgan fingerprint density at radius 1 is 1.30 bits per heavy atom. The number of rotatable bonds is 10. The highest BCUT2D eigenvalue weighted by atomic mass is 32.2. The fraction of sp³-hybridized carbons (Fsp3) is 0.700. The topological polar surface area (TPSA) is 153 Å². The van der Waals surface area contributed by atoms with Crippen LogP contribution >= 0.6 is 0 Å². The highest BCUT2D eigenvalue weighted by molar-refractivity contribution is 7.89. The van der Waals surface area contributed by atoms with Crippen LogP contribution in [0, 0.1) is 0 Å². The van der Waals surface area contributed by atoms with Crippen LogP contribution in [0.4, 0.5) is 0 Å². The van der Waals surface area contributed by atoms with E-state index in [1.165, 1.54) is 7.11 Å². The number of aliphatic carboxylic acids is 1. The number of hydrogen-bond donors (Lipinski definition) is 3. The lowest BCUT2D eigenvalue weighted by Gasteiger charge is -2.13. The third-order valence-corrected chi connectivity index (χ3v) is 3.79. The Labute approximate surface area is 116 Å². The van der Waals surface area contributed by atoms with Gasteiger partial charge in [-0.1, -0.05) is 0 Å². The summed E-state index contributed by atoms with van der Waals surface area (Å²) in [6.45, 7) is 0. The summed E-state index contributed by atoms with van der Waals surface area (Å²) < 4.78 is 29.5. The Morgan fingerprint density at radius 3 is 2.35 bits per heavy atom. The van der Waals surface area contributed by atoms with Crippen LogP contribution in [-0.2, 0) is 29.1 Å². The van der Waals surface area contributed by atoms with Crippen LogP contribution in [0.15, 0.2) is 0 Å². The predicted octanol–water partition coefficient (Wildman–Crippen LogP) is -1.42. The van der Waals surface area contributed by atoms with Crippen LogP contribution < -0.4 is 10.5 Å². The molecule has 0 unspecified atom stereocenters. The zero-order valence-corrected chi connectivity index (χ0v) is 11.8. The van der Waals surface area contributed by atoms with Gasteiger partial charge in [-0.15, -0.1) is 0 Å². The average molecular weight is 310 g/mol. The number of ether oxygens (including phenoxy) is 1. The summed E-state index contributed by atoms with van der Waals surface area (Å²) in [5, 5.41) is 8.85. The molecule has 0 bridgehead atoms. The van der Waals surface area contributed by atoms with Gasteiger partial charge in [-0.3, -0.25) is 14.4 Å². The van der Waals surface area contributed by atoms with E-state index in [-0.39, 0.29) is 25.7 Å². The lowest BCUT2D eigenvalue weighted by atomic mass is 10.2.